The second-order valence-corrected chi connectivity index (χ2v) is 1.28. The molecule has 0 fully saturated rings. The van der Waals surface area contributed by atoms with Crippen LogP contribution >= 0.6 is 0 Å². The number of allylic oxidation sites excluding steroid dienone is 1. The van der Waals surface area contributed by atoms with Gasteiger partial charge >= 0.3 is 0 Å². The van der Waals surface area contributed by atoms with Crippen LogP contribution in [0.2, 0.25) is 0 Å². The van der Waals surface area contributed by atoms with E-state index in [1.807, 2.05) is 0 Å². The molecule has 0 N–H and O–H groups in total. The number of hydrogen-bond acceptors (Lipinski definition) is 2. The molecule has 0 aliphatic rings. The minimum atomic E-state index is 0.167. The summed E-state index contributed by atoms with van der Waals surface area (Å²) in [5, 5.41) is 0. The first-order chi connectivity index (χ1) is 3.65. The van der Waals surface area contributed by atoms with Crippen molar-refractivity contribution in [1.82, 2.24) is 0 Å². The first kappa shape index (κ1) is 10.1. The van der Waals surface area contributed by atoms with Crippen molar-refractivity contribution in [3.05, 3.63) is 12.7 Å². The van der Waals surface area contributed by atoms with Gasteiger partial charge < -0.3 is 4.79 Å². The molecule has 0 atom stereocenters. The minimum absolute atomic E-state index is 0.167. The van der Waals surface area contributed by atoms with E-state index in [0.717, 1.165) is 0 Å². The lowest BCUT2D eigenvalue weighted by Crippen LogP contribution is -1.69. The van der Waals surface area contributed by atoms with Gasteiger partial charge in [-0.25, -0.2) is 0 Å². The maximum atomic E-state index is 9.44. The zero-order chi connectivity index (χ0) is 6.99. The van der Waals surface area contributed by atoms with Crippen molar-refractivity contribution in [3.63, 3.8) is 0 Å². The second-order valence-electron chi connectivity index (χ2n) is 1.28. The molecular formula is C6H10O2. The summed E-state index contributed by atoms with van der Waals surface area (Å²) in [5.41, 5.74) is 0. The van der Waals surface area contributed by atoms with Crippen molar-refractivity contribution in [1.29, 1.82) is 0 Å². The molecule has 0 unspecified atom stereocenters. The molecule has 2 heteroatoms. The Hall–Kier alpha value is -0.920. The van der Waals surface area contributed by atoms with Crippen molar-refractivity contribution in [2.24, 2.45) is 0 Å². The predicted octanol–water partition coefficient (Wildman–Crippen LogP) is 0.967. The van der Waals surface area contributed by atoms with Crippen LogP contribution < -0.4 is 0 Å². The number of carbonyl (C=O) groups excluding carboxylic acids is 2. The summed E-state index contributed by atoms with van der Waals surface area (Å²) in [4.78, 5) is 18.5. The molecule has 0 aliphatic carbocycles. The van der Waals surface area contributed by atoms with Crippen molar-refractivity contribution < 1.29 is 9.59 Å². The van der Waals surface area contributed by atoms with E-state index in [9.17, 15) is 4.79 Å². The summed E-state index contributed by atoms with van der Waals surface area (Å²) < 4.78 is 0. The molecule has 0 saturated carbocycles. The molecule has 0 aromatic carbocycles. The number of rotatable bonds is 1. The van der Waals surface area contributed by atoms with E-state index < -0.39 is 0 Å². The lowest BCUT2D eigenvalue weighted by molar-refractivity contribution is -0.115. The summed E-state index contributed by atoms with van der Waals surface area (Å²) in [7, 11) is 0. The lowest BCUT2D eigenvalue weighted by Gasteiger charge is -1.56. The van der Waals surface area contributed by atoms with Crippen LogP contribution in [0.4, 0.5) is 0 Å². The third kappa shape index (κ3) is 13200. The lowest BCUT2D eigenvalue weighted by atomic mass is 10.6. The molecule has 0 radical (unpaired) electrons. The number of hydrogen-bond donors (Lipinski definition) is 0. The number of aldehydes is 1. The highest BCUT2D eigenvalue weighted by Gasteiger charge is 1.62. The smallest absolute Gasteiger partial charge is 0.142 e. The molecule has 0 aliphatic heterocycles. The van der Waals surface area contributed by atoms with Gasteiger partial charge in [0.15, 0.2) is 0 Å². The van der Waals surface area contributed by atoms with Gasteiger partial charge in [-0.15, -0.1) is 0 Å². The van der Waals surface area contributed by atoms with Gasteiger partial charge in [0.25, 0.3) is 0 Å². The van der Waals surface area contributed by atoms with E-state index in [-0.39, 0.29) is 5.78 Å². The zero-order valence-electron chi connectivity index (χ0n) is 5.18. The molecule has 0 bridgehead atoms. The van der Waals surface area contributed by atoms with E-state index in [1.54, 1.807) is 0 Å². The summed E-state index contributed by atoms with van der Waals surface area (Å²) in [6.45, 7) is 6.17. The molecule has 0 heterocycles. The second kappa shape index (κ2) is 9.43. The molecule has 0 aromatic heterocycles. The summed E-state index contributed by atoms with van der Waals surface area (Å²) >= 11 is 0. The summed E-state index contributed by atoms with van der Waals surface area (Å²) in [5.74, 6) is 0.167. The standard InChI is InChI=1S/C3H6O.C3H4O/c1-3(2)4;1-2-3-4/h1-2H3;2-3H,1H2. The maximum Gasteiger partial charge on any atom is 0.142 e. The van der Waals surface area contributed by atoms with Crippen molar-refractivity contribution in [2.75, 3.05) is 0 Å². The van der Waals surface area contributed by atoms with Crippen LogP contribution in [0.15, 0.2) is 12.7 Å². The van der Waals surface area contributed by atoms with Gasteiger partial charge in [0, 0.05) is 0 Å². The molecule has 0 spiro atoms. The number of carbonyl (C=O) groups is 2. The van der Waals surface area contributed by atoms with E-state index in [1.165, 1.54) is 19.9 Å². The van der Waals surface area contributed by atoms with E-state index in [2.05, 4.69) is 6.58 Å². The third-order valence-electron chi connectivity index (χ3n) is 0.0962. The molecule has 0 saturated heterocycles. The van der Waals surface area contributed by atoms with Crippen molar-refractivity contribution in [3.8, 4) is 0 Å². The average molecular weight is 114 g/mol. The molecule has 8 heavy (non-hydrogen) atoms. The monoisotopic (exact) mass is 114 g/mol. The van der Waals surface area contributed by atoms with Gasteiger partial charge in [-0.1, -0.05) is 6.58 Å². The SMILES string of the molecule is C=CC=O.CC(C)=O. The normalized spacial score (nSPS) is 5.75. The fraction of sp³-hybridized carbons (Fsp3) is 0.333. The molecule has 0 aromatic rings. The fourth-order valence-electron chi connectivity index (χ4n) is 0. The van der Waals surface area contributed by atoms with Gasteiger partial charge in [0.05, 0.1) is 0 Å². The first-order valence-corrected chi connectivity index (χ1v) is 2.18. The molecule has 46 valence electrons. The Morgan fingerprint density at radius 3 is 1.62 bits per heavy atom. The Balaban J connectivity index is 0. The molecule has 2 nitrogen and oxygen atoms in total. The first-order valence-electron chi connectivity index (χ1n) is 2.18. The highest BCUT2D eigenvalue weighted by Crippen LogP contribution is 1.50. The van der Waals surface area contributed by atoms with Crippen LogP contribution in [-0.2, 0) is 9.59 Å². The molecule has 0 amide bonds. The fourth-order valence-corrected chi connectivity index (χ4v) is 0. The Kier molecular flexibility index (Phi) is 11.9. The molecular weight excluding hydrogens is 104 g/mol. The van der Waals surface area contributed by atoms with E-state index in [4.69, 9.17) is 4.79 Å². The minimum Gasteiger partial charge on any atom is -0.300 e. The van der Waals surface area contributed by atoms with Gasteiger partial charge in [-0.2, -0.15) is 0 Å². The van der Waals surface area contributed by atoms with Gasteiger partial charge in [0.1, 0.15) is 12.1 Å². The zero-order valence-corrected chi connectivity index (χ0v) is 5.18. The topological polar surface area (TPSA) is 34.1 Å². The Morgan fingerprint density at radius 1 is 1.50 bits per heavy atom. The van der Waals surface area contributed by atoms with Crippen LogP contribution in [0.1, 0.15) is 13.8 Å². The van der Waals surface area contributed by atoms with E-state index >= 15 is 0 Å². The predicted molar refractivity (Wildman–Crippen MR) is 32.6 cm³/mol. The number of Topliss-reactive ketones (excluding diaryl/α,β-unsaturated/α-hetero) is 1. The maximum absolute atomic E-state index is 9.44. The van der Waals surface area contributed by atoms with Gasteiger partial charge in [-0.3, -0.25) is 4.79 Å². The average Bonchev–Trinajstić information content (AvgIpc) is 1.65. The third-order valence-corrected chi connectivity index (χ3v) is 0.0962. The Labute approximate surface area is 49.2 Å². The summed E-state index contributed by atoms with van der Waals surface area (Å²) in [6.07, 6.45) is 1.83. The van der Waals surface area contributed by atoms with Crippen LogP contribution in [0.3, 0.4) is 0 Å². The Morgan fingerprint density at radius 2 is 1.62 bits per heavy atom. The number of ketones is 1. The van der Waals surface area contributed by atoms with Crippen LogP contribution in [0, 0.1) is 0 Å². The van der Waals surface area contributed by atoms with Crippen LogP contribution in [-0.4, -0.2) is 12.1 Å². The van der Waals surface area contributed by atoms with Crippen molar-refractivity contribution >= 4 is 12.1 Å². The Bertz CT molecular complexity index is 74.5. The van der Waals surface area contributed by atoms with Gasteiger partial charge in [-0.05, 0) is 19.9 Å². The van der Waals surface area contributed by atoms with Gasteiger partial charge in [0.2, 0.25) is 0 Å². The largest absolute Gasteiger partial charge is 0.300 e. The highest BCUT2D eigenvalue weighted by atomic mass is 16.1. The quantitative estimate of drug-likeness (QED) is 0.376. The highest BCUT2D eigenvalue weighted by molar-refractivity contribution is 5.72. The summed E-state index contributed by atoms with van der Waals surface area (Å²) in [6, 6.07) is 0. The molecule has 0 rings (SSSR count). The van der Waals surface area contributed by atoms with E-state index in [0.29, 0.717) is 6.29 Å². The van der Waals surface area contributed by atoms with Crippen LogP contribution in [0.5, 0.6) is 0 Å². The van der Waals surface area contributed by atoms with Crippen LogP contribution in [0.25, 0.3) is 0 Å². The van der Waals surface area contributed by atoms with Crippen molar-refractivity contribution in [2.45, 2.75) is 13.8 Å².